The zero-order valence-electron chi connectivity index (χ0n) is 13.0. The number of hydrogen-bond donors (Lipinski definition) is 1. The number of carbonyl (C=O) groups excluding carboxylic acids is 1. The Morgan fingerprint density at radius 2 is 1.95 bits per heavy atom. The molecule has 2 aromatic rings. The van der Waals surface area contributed by atoms with Crippen LogP contribution in [0.1, 0.15) is 36.4 Å². The minimum Gasteiger partial charge on any atom is -0.348 e. The first kappa shape index (κ1) is 16.6. The number of likely N-dealkylation sites (N-methyl/N-ethyl adjacent to an activating group) is 1. The summed E-state index contributed by atoms with van der Waals surface area (Å²) >= 11 is 1.63. The number of benzene rings is 1. The largest absolute Gasteiger partial charge is 0.348 e. The molecule has 22 heavy (non-hydrogen) atoms. The van der Waals surface area contributed by atoms with Crippen LogP contribution in [0.15, 0.2) is 41.8 Å². The number of rotatable bonds is 6. The van der Waals surface area contributed by atoms with Gasteiger partial charge in [0.2, 0.25) is 5.91 Å². The quantitative estimate of drug-likeness (QED) is 0.879. The Kier molecular flexibility index (Phi) is 5.69. The second kappa shape index (κ2) is 7.51. The topological polar surface area (TPSA) is 32.3 Å². The van der Waals surface area contributed by atoms with Gasteiger partial charge in [0.05, 0.1) is 12.6 Å². The summed E-state index contributed by atoms with van der Waals surface area (Å²) in [4.78, 5) is 15.2. The Hall–Kier alpha value is -1.72. The summed E-state index contributed by atoms with van der Waals surface area (Å²) in [6.45, 7) is 4.28. The number of nitrogens with zero attached hydrogens (tertiary/aromatic N) is 1. The Balaban J connectivity index is 1.89. The van der Waals surface area contributed by atoms with Crippen LogP contribution in [-0.2, 0) is 4.79 Å². The molecule has 5 heteroatoms. The molecule has 0 aliphatic heterocycles. The van der Waals surface area contributed by atoms with E-state index < -0.39 is 0 Å². The molecule has 1 heterocycles. The van der Waals surface area contributed by atoms with E-state index >= 15 is 0 Å². The standard InChI is InChI=1S/C17H21FN2OS/c1-12(16-5-4-10-22-16)19-17(21)11-20(3)13(2)14-6-8-15(18)9-7-14/h4-10,12-13H,11H2,1-3H3,(H,19,21). The molecule has 0 radical (unpaired) electrons. The lowest BCUT2D eigenvalue weighted by Crippen LogP contribution is -2.37. The first-order valence-electron chi connectivity index (χ1n) is 7.26. The predicted octanol–water partition coefficient (Wildman–Crippen LogP) is 3.76. The molecule has 0 fully saturated rings. The van der Waals surface area contributed by atoms with E-state index in [9.17, 15) is 9.18 Å². The van der Waals surface area contributed by atoms with Crippen LogP contribution in [0.3, 0.4) is 0 Å². The van der Waals surface area contributed by atoms with Crippen molar-refractivity contribution in [3.63, 3.8) is 0 Å². The molecule has 0 aliphatic rings. The maximum atomic E-state index is 13.0. The number of amides is 1. The third-order valence-corrected chi connectivity index (χ3v) is 4.81. The van der Waals surface area contributed by atoms with Gasteiger partial charge < -0.3 is 5.32 Å². The summed E-state index contributed by atoms with van der Waals surface area (Å²) in [5.74, 6) is -0.265. The highest BCUT2D eigenvalue weighted by atomic mass is 32.1. The summed E-state index contributed by atoms with van der Waals surface area (Å²) in [7, 11) is 1.89. The molecule has 2 unspecified atom stereocenters. The predicted molar refractivity (Wildman–Crippen MR) is 88.3 cm³/mol. The Morgan fingerprint density at radius 3 is 2.55 bits per heavy atom. The second-order valence-corrected chi connectivity index (χ2v) is 6.43. The van der Waals surface area contributed by atoms with Crippen molar-refractivity contribution < 1.29 is 9.18 Å². The normalized spacial score (nSPS) is 13.9. The number of hydrogen-bond acceptors (Lipinski definition) is 3. The van der Waals surface area contributed by atoms with E-state index in [1.54, 1.807) is 23.5 Å². The van der Waals surface area contributed by atoms with Crippen LogP contribution >= 0.6 is 11.3 Å². The average molecular weight is 320 g/mol. The molecular weight excluding hydrogens is 299 g/mol. The van der Waals surface area contributed by atoms with Gasteiger partial charge in [-0.1, -0.05) is 18.2 Å². The van der Waals surface area contributed by atoms with E-state index in [0.29, 0.717) is 6.54 Å². The van der Waals surface area contributed by atoms with Crippen molar-refractivity contribution in [1.82, 2.24) is 10.2 Å². The van der Waals surface area contributed by atoms with E-state index in [1.165, 1.54) is 12.1 Å². The monoisotopic (exact) mass is 320 g/mol. The molecule has 0 saturated carbocycles. The van der Waals surface area contributed by atoms with E-state index in [4.69, 9.17) is 0 Å². The lowest BCUT2D eigenvalue weighted by atomic mass is 10.1. The minimum absolute atomic E-state index is 0.0158. The van der Waals surface area contributed by atoms with Gasteiger partial charge in [-0.2, -0.15) is 0 Å². The van der Waals surface area contributed by atoms with E-state index in [-0.39, 0.29) is 23.8 Å². The third-order valence-electron chi connectivity index (χ3n) is 3.75. The van der Waals surface area contributed by atoms with Crippen LogP contribution in [0.5, 0.6) is 0 Å². The van der Waals surface area contributed by atoms with Crippen molar-refractivity contribution >= 4 is 17.2 Å². The summed E-state index contributed by atoms with van der Waals surface area (Å²) in [6, 6.07) is 10.4. The van der Waals surface area contributed by atoms with Crippen LogP contribution in [-0.4, -0.2) is 24.4 Å². The van der Waals surface area contributed by atoms with Crippen molar-refractivity contribution in [1.29, 1.82) is 0 Å². The van der Waals surface area contributed by atoms with Crippen LogP contribution in [0.2, 0.25) is 0 Å². The van der Waals surface area contributed by atoms with Gasteiger partial charge in [-0.3, -0.25) is 9.69 Å². The lowest BCUT2D eigenvalue weighted by molar-refractivity contribution is -0.123. The van der Waals surface area contributed by atoms with E-state index in [0.717, 1.165) is 10.4 Å². The fraction of sp³-hybridized carbons (Fsp3) is 0.353. The Morgan fingerprint density at radius 1 is 1.27 bits per heavy atom. The molecule has 0 bridgehead atoms. The Labute approximate surface area is 134 Å². The van der Waals surface area contributed by atoms with Crippen molar-refractivity contribution in [2.45, 2.75) is 25.9 Å². The summed E-state index contributed by atoms with van der Waals surface area (Å²) < 4.78 is 13.0. The molecule has 0 aliphatic carbocycles. The van der Waals surface area contributed by atoms with Crippen LogP contribution in [0.25, 0.3) is 0 Å². The van der Waals surface area contributed by atoms with Gasteiger partial charge in [-0.15, -0.1) is 11.3 Å². The highest BCUT2D eigenvalue weighted by Crippen LogP contribution is 2.20. The van der Waals surface area contributed by atoms with Gasteiger partial charge >= 0.3 is 0 Å². The van der Waals surface area contributed by atoms with Crippen molar-refractivity contribution in [2.75, 3.05) is 13.6 Å². The maximum absolute atomic E-state index is 13.0. The molecule has 1 aromatic heterocycles. The zero-order valence-corrected chi connectivity index (χ0v) is 13.9. The molecule has 1 N–H and O–H groups in total. The van der Waals surface area contributed by atoms with Gasteiger partial charge in [0.15, 0.2) is 0 Å². The third kappa shape index (κ3) is 4.39. The molecule has 2 atom stereocenters. The number of halogens is 1. The number of nitrogens with one attached hydrogen (secondary N) is 1. The van der Waals surface area contributed by atoms with E-state index in [2.05, 4.69) is 5.32 Å². The van der Waals surface area contributed by atoms with Gasteiger partial charge in [-0.25, -0.2) is 4.39 Å². The SMILES string of the molecule is CC(NC(=O)CN(C)C(C)c1ccc(F)cc1)c1cccs1. The smallest absolute Gasteiger partial charge is 0.234 e. The van der Waals surface area contributed by atoms with Crippen LogP contribution in [0, 0.1) is 5.82 Å². The van der Waals surface area contributed by atoms with Gasteiger partial charge in [0.25, 0.3) is 0 Å². The molecule has 118 valence electrons. The van der Waals surface area contributed by atoms with E-state index in [1.807, 2.05) is 43.3 Å². The van der Waals surface area contributed by atoms with Gasteiger partial charge in [0, 0.05) is 10.9 Å². The number of carbonyl (C=O) groups is 1. The fourth-order valence-electron chi connectivity index (χ4n) is 2.26. The van der Waals surface area contributed by atoms with Crippen molar-refractivity contribution in [2.24, 2.45) is 0 Å². The molecule has 0 spiro atoms. The fourth-order valence-corrected chi connectivity index (χ4v) is 2.99. The lowest BCUT2D eigenvalue weighted by Gasteiger charge is -2.25. The average Bonchev–Trinajstić information content (AvgIpc) is 3.01. The molecule has 2 rings (SSSR count). The second-order valence-electron chi connectivity index (χ2n) is 5.45. The zero-order chi connectivity index (χ0) is 16.1. The minimum atomic E-state index is -0.249. The highest BCUT2D eigenvalue weighted by molar-refractivity contribution is 7.10. The Bertz CT molecular complexity index is 598. The molecular formula is C17H21FN2OS. The first-order valence-corrected chi connectivity index (χ1v) is 8.14. The summed E-state index contributed by atoms with van der Waals surface area (Å²) in [6.07, 6.45) is 0. The summed E-state index contributed by atoms with van der Waals surface area (Å²) in [5.41, 5.74) is 0.989. The maximum Gasteiger partial charge on any atom is 0.234 e. The van der Waals surface area contributed by atoms with Gasteiger partial charge in [0.1, 0.15) is 5.82 Å². The summed E-state index contributed by atoms with van der Waals surface area (Å²) in [5, 5.41) is 5.00. The van der Waals surface area contributed by atoms with Crippen LogP contribution in [0.4, 0.5) is 4.39 Å². The number of thiophene rings is 1. The van der Waals surface area contributed by atoms with Gasteiger partial charge in [-0.05, 0) is 50.0 Å². The van der Waals surface area contributed by atoms with Crippen molar-refractivity contribution in [3.8, 4) is 0 Å². The molecule has 1 aromatic carbocycles. The molecule has 1 amide bonds. The molecule has 0 saturated heterocycles. The van der Waals surface area contributed by atoms with Crippen LogP contribution < -0.4 is 5.32 Å². The van der Waals surface area contributed by atoms with Crippen molar-refractivity contribution in [3.05, 3.63) is 58.0 Å². The molecule has 3 nitrogen and oxygen atoms in total. The first-order chi connectivity index (χ1) is 10.5. The highest BCUT2D eigenvalue weighted by Gasteiger charge is 2.17.